The van der Waals surface area contributed by atoms with Gasteiger partial charge in [0.15, 0.2) is 0 Å². The molecule has 0 unspecified atom stereocenters. The zero-order valence-corrected chi connectivity index (χ0v) is 13.0. The molecule has 1 amide bonds. The van der Waals surface area contributed by atoms with Crippen molar-refractivity contribution < 1.29 is 23.8 Å². The van der Waals surface area contributed by atoms with Gasteiger partial charge in [-0.05, 0) is 32.9 Å². The first-order chi connectivity index (χ1) is 10.7. The van der Waals surface area contributed by atoms with E-state index in [1.165, 1.54) is 12.5 Å². The number of anilines is 1. The molecule has 8 nitrogen and oxygen atoms in total. The fourth-order valence-electron chi connectivity index (χ4n) is 1.72. The molecule has 122 valence electrons. The number of nitrogens with one attached hydrogen (secondary N) is 1. The first-order valence-electron chi connectivity index (χ1n) is 6.85. The van der Waals surface area contributed by atoms with Crippen LogP contribution >= 0.6 is 0 Å². The molecule has 8 heteroatoms. The Balaban J connectivity index is 2.12. The molecule has 23 heavy (non-hydrogen) atoms. The van der Waals surface area contributed by atoms with Crippen molar-refractivity contribution in [1.29, 1.82) is 0 Å². The van der Waals surface area contributed by atoms with Crippen molar-refractivity contribution in [3.8, 4) is 11.5 Å². The van der Waals surface area contributed by atoms with E-state index in [1.54, 1.807) is 32.9 Å². The van der Waals surface area contributed by atoms with Gasteiger partial charge in [0.25, 0.3) is 0 Å². The topological polar surface area (TPSA) is 115 Å². The summed E-state index contributed by atoms with van der Waals surface area (Å²) in [5, 5.41) is 11.2. The molecule has 0 aliphatic rings. The number of amides is 1. The SMILES string of the molecule is CC(C)(C)OC(=O)Nc1cc(-c2nc(CC(=O)O)co2)ccn1. The predicted molar refractivity (Wildman–Crippen MR) is 80.9 cm³/mol. The van der Waals surface area contributed by atoms with Crippen LogP contribution in [0.1, 0.15) is 26.5 Å². The molecule has 0 aromatic carbocycles. The lowest BCUT2D eigenvalue weighted by Crippen LogP contribution is -2.27. The number of rotatable bonds is 4. The molecule has 0 aliphatic heterocycles. The van der Waals surface area contributed by atoms with Gasteiger partial charge in [-0.2, -0.15) is 0 Å². The molecule has 0 bridgehead atoms. The molecule has 0 saturated heterocycles. The van der Waals surface area contributed by atoms with Gasteiger partial charge in [0.1, 0.15) is 17.7 Å². The summed E-state index contributed by atoms with van der Waals surface area (Å²) in [5.41, 5.74) is 0.254. The predicted octanol–water partition coefficient (Wildman–Crippen LogP) is 2.71. The van der Waals surface area contributed by atoms with Crippen molar-refractivity contribution in [2.45, 2.75) is 32.8 Å². The summed E-state index contributed by atoms with van der Waals surface area (Å²) in [7, 11) is 0. The molecule has 0 spiro atoms. The third-order valence-electron chi connectivity index (χ3n) is 2.52. The van der Waals surface area contributed by atoms with Crippen molar-refractivity contribution in [2.24, 2.45) is 0 Å². The van der Waals surface area contributed by atoms with E-state index in [0.717, 1.165) is 0 Å². The quantitative estimate of drug-likeness (QED) is 0.890. The van der Waals surface area contributed by atoms with Gasteiger partial charge < -0.3 is 14.3 Å². The maximum atomic E-state index is 11.7. The molecular formula is C15H17N3O5. The first-order valence-corrected chi connectivity index (χ1v) is 6.85. The standard InChI is InChI=1S/C15H17N3O5/c1-15(2,3)23-14(21)18-11-6-9(4-5-16-11)13-17-10(8-22-13)7-12(19)20/h4-6,8H,7H2,1-3H3,(H,19,20)(H,16,18,21). The lowest BCUT2D eigenvalue weighted by atomic mass is 10.2. The highest BCUT2D eigenvalue weighted by Crippen LogP contribution is 2.21. The van der Waals surface area contributed by atoms with E-state index in [-0.39, 0.29) is 18.1 Å². The van der Waals surface area contributed by atoms with Gasteiger partial charge in [0, 0.05) is 11.8 Å². The Labute approximate surface area is 132 Å². The molecule has 2 N–H and O–H groups in total. The summed E-state index contributed by atoms with van der Waals surface area (Å²) >= 11 is 0. The Morgan fingerprint density at radius 3 is 2.78 bits per heavy atom. The number of aliphatic carboxylic acids is 1. The Bertz CT molecular complexity index is 718. The number of aromatic nitrogens is 2. The lowest BCUT2D eigenvalue weighted by molar-refractivity contribution is -0.136. The van der Waals surface area contributed by atoms with Gasteiger partial charge in [0.05, 0.1) is 12.1 Å². The van der Waals surface area contributed by atoms with Crippen LogP contribution in [0, 0.1) is 0 Å². The van der Waals surface area contributed by atoms with Gasteiger partial charge in [-0.3, -0.25) is 10.1 Å². The zero-order chi connectivity index (χ0) is 17.0. The lowest BCUT2D eigenvalue weighted by Gasteiger charge is -2.19. The smallest absolute Gasteiger partial charge is 0.413 e. The molecule has 2 heterocycles. The minimum Gasteiger partial charge on any atom is -0.481 e. The summed E-state index contributed by atoms with van der Waals surface area (Å²) in [6.07, 6.45) is 1.91. The van der Waals surface area contributed by atoms with Crippen LogP contribution in [0.15, 0.2) is 29.0 Å². The normalized spacial score (nSPS) is 11.1. The highest BCUT2D eigenvalue weighted by atomic mass is 16.6. The van der Waals surface area contributed by atoms with Crippen LogP contribution in [-0.2, 0) is 16.0 Å². The van der Waals surface area contributed by atoms with Gasteiger partial charge in [0.2, 0.25) is 5.89 Å². The minimum atomic E-state index is -0.994. The molecule has 0 saturated carbocycles. The van der Waals surface area contributed by atoms with Crippen molar-refractivity contribution >= 4 is 17.9 Å². The monoisotopic (exact) mass is 319 g/mol. The Morgan fingerprint density at radius 2 is 2.13 bits per heavy atom. The third-order valence-corrected chi connectivity index (χ3v) is 2.52. The van der Waals surface area contributed by atoms with Gasteiger partial charge >= 0.3 is 12.1 Å². The van der Waals surface area contributed by atoms with Crippen LogP contribution in [0.4, 0.5) is 10.6 Å². The first kappa shape index (κ1) is 16.5. The number of carboxylic acid groups (broad SMARTS) is 1. The number of carboxylic acids is 1. The van der Waals surface area contributed by atoms with E-state index >= 15 is 0 Å². The number of oxazole rings is 1. The fourth-order valence-corrected chi connectivity index (χ4v) is 1.72. The summed E-state index contributed by atoms with van der Waals surface area (Å²) in [6, 6.07) is 3.19. The van der Waals surface area contributed by atoms with E-state index < -0.39 is 17.7 Å². The number of hydrogen-bond donors (Lipinski definition) is 2. The van der Waals surface area contributed by atoms with Crippen molar-refractivity contribution in [3.63, 3.8) is 0 Å². The Hall–Kier alpha value is -2.90. The highest BCUT2D eigenvalue weighted by Gasteiger charge is 2.17. The molecular weight excluding hydrogens is 302 g/mol. The summed E-state index contributed by atoms with van der Waals surface area (Å²) in [6.45, 7) is 5.27. The molecule has 0 atom stereocenters. The summed E-state index contributed by atoms with van der Waals surface area (Å²) in [4.78, 5) is 30.5. The van der Waals surface area contributed by atoms with Gasteiger partial charge in [-0.1, -0.05) is 0 Å². The van der Waals surface area contributed by atoms with Crippen LogP contribution in [-0.4, -0.2) is 32.7 Å². The summed E-state index contributed by atoms with van der Waals surface area (Å²) in [5.74, 6) is -0.475. The number of nitrogens with zero attached hydrogens (tertiary/aromatic N) is 2. The number of ether oxygens (including phenoxy) is 1. The average Bonchev–Trinajstić information content (AvgIpc) is 2.84. The molecule has 2 rings (SSSR count). The summed E-state index contributed by atoms with van der Waals surface area (Å²) < 4.78 is 10.4. The molecule has 0 fully saturated rings. The van der Waals surface area contributed by atoms with E-state index in [9.17, 15) is 9.59 Å². The molecule has 2 aromatic heterocycles. The number of hydrogen-bond acceptors (Lipinski definition) is 6. The van der Waals surface area contributed by atoms with Crippen LogP contribution < -0.4 is 5.32 Å². The highest BCUT2D eigenvalue weighted by molar-refractivity contribution is 5.84. The minimum absolute atomic E-state index is 0.225. The second-order valence-corrected chi connectivity index (χ2v) is 5.77. The van der Waals surface area contributed by atoms with E-state index in [2.05, 4.69) is 15.3 Å². The van der Waals surface area contributed by atoms with E-state index in [0.29, 0.717) is 11.3 Å². The van der Waals surface area contributed by atoms with Crippen molar-refractivity contribution in [2.75, 3.05) is 5.32 Å². The maximum Gasteiger partial charge on any atom is 0.413 e. The molecule has 0 aliphatic carbocycles. The van der Waals surface area contributed by atoms with Gasteiger partial charge in [-0.15, -0.1) is 0 Å². The van der Waals surface area contributed by atoms with Crippen molar-refractivity contribution in [3.05, 3.63) is 30.3 Å². The molecule has 2 aromatic rings. The van der Waals surface area contributed by atoms with Gasteiger partial charge in [-0.25, -0.2) is 14.8 Å². The van der Waals surface area contributed by atoms with E-state index in [4.69, 9.17) is 14.3 Å². The number of pyridine rings is 1. The number of carbonyl (C=O) groups excluding carboxylic acids is 1. The van der Waals surface area contributed by atoms with Crippen LogP contribution in [0.5, 0.6) is 0 Å². The van der Waals surface area contributed by atoms with E-state index in [1.807, 2.05) is 0 Å². The maximum absolute atomic E-state index is 11.7. The average molecular weight is 319 g/mol. The third kappa shape index (κ3) is 5.10. The number of carbonyl (C=O) groups is 2. The largest absolute Gasteiger partial charge is 0.481 e. The van der Waals surface area contributed by atoms with Crippen LogP contribution in [0.3, 0.4) is 0 Å². The zero-order valence-electron chi connectivity index (χ0n) is 13.0. The second-order valence-electron chi connectivity index (χ2n) is 5.77. The molecule has 0 radical (unpaired) electrons. The van der Waals surface area contributed by atoms with Crippen LogP contribution in [0.2, 0.25) is 0 Å². The van der Waals surface area contributed by atoms with Crippen molar-refractivity contribution in [1.82, 2.24) is 9.97 Å². The Morgan fingerprint density at radius 1 is 1.39 bits per heavy atom. The fraction of sp³-hybridized carbons (Fsp3) is 0.333. The second kappa shape index (κ2) is 6.47. The van der Waals surface area contributed by atoms with Crippen LogP contribution in [0.25, 0.3) is 11.5 Å². The Kier molecular flexibility index (Phi) is 4.63.